The predicted molar refractivity (Wildman–Crippen MR) is 76.0 cm³/mol. The van der Waals surface area contributed by atoms with E-state index in [4.69, 9.17) is 9.47 Å². The molecule has 0 saturated carbocycles. The molecule has 0 unspecified atom stereocenters. The van der Waals surface area contributed by atoms with Crippen molar-refractivity contribution < 1.29 is 14.6 Å². The summed E-state index contributed by atoms with van der Waals surface area (Å²) >= 11 is 0. The van der Waals surface area contributed by atoms with Crippen LogP contribution in [-0.2, 0) is 13.5 Å². The number of hydrogen-bond acceptors (Lipinski definition) is 4. The Labute approximate surface area is 118 Å². The largest absolute Gasteiger partial charge is 0.493 e. The Morgan fingerprint density at radius 3 is 2.75 bits per heavy atom. The van der Waals surface area contributed by atoms with E-state index in [2.05, 4.69) is 4.98 Å². The third kappa shape index (κ3) is 3.30. The van der Waals surface area contributed by atoms with Gasteiger partial charge in [-0.15, -0.1) is 0 Å². The number of aliphatic hydroxyl groups excluding tert-OH is 1. The second-order valence-electron chi connectivity index (χ2n) is 4.64. The Kier molecular flexibility index (Phi) is 4.63. The number of benzene rings is 1. The molecule has 1 heterocycles. The van der Waals surface area contributed by atoms with Crippen molar-refractivity contribution in [3.63, 3.8) is 0 Å². The summed E-state index contributed by atoms with van der Waals surface area (Å²) in [6.07, 6.45) is 3.89. The first-order valence-corrected chi connectivity index (χ1v) is 6.57. The van der Waals surface area contributed by atoms with E-state index in [-0.39, 0.29) is 0 Å². The molecule has 1 atom stereocenters. The molecule has 2 aromatic rings. The number of rotatable bonds is 6. The van der Waals surface area contributed by atoms with E-state index in [0.717, 1.165) is 17.8 Å². The fourth-order valence-electron chi connectivity index (χ4n) is 1.95. The Balaban J connectivity index is 2.00. The number of nitrogens with zero attached hydrogens (tertiary/aromatic N) is 2. The van der Waals surface area contributed by atoms with Crippen molar-refractivity contribution in [2.24, 2.45) is 7.05 Å². The molecule has 0 fully saturated rings. The smallest absolute Gasteiger partial charge is 0.161 e. The van der Waals surface area contributed by atoms with Gasteiger partial charge in [0.1, 0.15) is 5.82 Å². The van der Waals surface area contributed by atoms with Gasteiger partial charge < -0.3 is 19.1 Å². The monoisotopic (exact) mass is 276 g/mol. The number of hydrogen-bond donors (Lipinski definition) is 1. The molecule has 0 amide bonds. The van der Waals surface area contributed by atoms with Crippen LogP contribution in [0.5, 0.6) is 11.5 Å². The predicted octanol–water partition coefficient (Wildman–Crippen LogP) is 2.10. The summed E-state index contributed by atoms with van der Waals surface area (Å²) in [5.74, 6) is 2.28. The molecule has 0 radical (unpaired) electrons. The zero-order chi connectivity index (χ0) is 14.5. The van der Waals surface area contributed by atoms with Crippen molar-refractivity contribution >= 4 is 0 Å². The lowest BCUT2D eigenvalue weighted by atomic mass is 10.1. The maximum atomic E-state index is 9.56. The minimum Gasteiger partial charge on any atom is -0.493 e. The minimum atomic E-state index is -0.523. The van der Waals surface area contributed by atoms with Crippen LogP contribution in [0.4, 0.5) is 0 Å². The zero-order valence-electron chi connectivity index (χ0n) is 12.0. The van der Waals surface area contributed by atoms with Crippen LogP contribution in [0.3, 0.4) is 0 Å². The average molecular weight is 276 g/mol. The summed E-state index contributed by atoms with van der Waals surface area (Å²) < 4.78 is 13.0. The van der Waals surface area contributed by atoms with E-state index < -0.39 is 6.10 Å². The maximum absolute atomic E-state index is 9.56. The van der Waals surface area contributed by atoms with Gasteiger partial charge in [-0.3, -0.25) is 0 Å². The lowest BCUT2D eigenvalue weighted by Gasteiger charge is -2.13. The quantitative estimate of drug-likeness (QED) is 0.878. The third-order valence-corrected chi connectivity index (χ3v) is 3.17. The van der Waals surface area contributed by atoms with Crippen molar-refractivity contribution in [1.82, 2.24) is 9.55 Å². The molecule has 0 saturated heterocycles. The number of imidazole rings is 1. The van der Waals surface area contributed by atoms with Gasteiger partial charge in [0.2, 0.25) is 0 Å². The fourth-order valence-corrected chi connectivity index (χ4v) is 1.95. The van der Waals surface area contributed by atoms with Crippen molar-refractivity contribution in [2.75, 3.05) is 13.7 Å². The number of ether oxygens (including phenoxy) is 2. The molecular weight excluding hydrogens is 256 g/mol. The first-order chi connectivity index (χ1) is 9.61. The minimum absolute atomic E-state index is 0.523. The lowest BCUT2D eigenvalue weighted by molar-refractivity contribution is 0.198. The Morgan fingerprint density at radius 2 is 2.15 bits per heavy atom. The summed E-state index contributed by atoms with van der Waals surface area (Å²) in [6.45, 7) is 2.24. The van der Waals surface area contributed by atoms with E-state index >= 15 is 0 Å². The van der Waals surface area contributed by atoms with Gasteiger partial charge in [0.15, 0.2) is 11.5 Å². The van der Waals surface area contributed by atoms with Gasteiger partial charge in [-0.05, 0) is 24.6 Å². The molecule has 1 aromatic heterocycles. The standard InChI is InChI=1S/C15H20N2O3/c1-11(18)12-4-5-13(14(10-12)19-3)20-9-6-15-16-7-8-17(15)2/h4-5,7-8,10-11,18H,6,9H2,1-3H3/t11-/m0/s1. The molecule has 5 nitrogen and oxygen atoms in total. The molecule has 0 aliphatic rings. The molecule has 0 bridgehead atoms. The molecule has 5 heteroatoms. The van der Waals surface area contributed by atoms with Crippen LogP contribution in [0.1, 0.15) is 24.4 Å². The molecule has 1 N–H and O–H groups in total. The van der Waals surface area contributed by atoms with E-state index in [1.54, 1.807) is 26.3 Å². The highest BCUT2D eigenvalue weighted by Gasteiger charge is 2.09. The van der Waals surface area contributed by atoms with Crippen LogP contribution < -0.4 is 9.47 Å². The van der Waals surface area contributed by atoms with Crippen molar-refractivity contribution in [3.8, 4) is 11.5 Å². The molecule has 0 aliphatic heterocycles. The summed E-state index contributed by atoms with van der Waals surface area (Å²) in [5.41, 5.74) is 0.804. The molecule has 0 spiro atoms. The number of aromatic nitrogens is 2. The molecule has 20 heavy (non-hydrogen) atoms. The maximum Gasteiger partial charge on any atom is 0.161 e. The van der Waals surface area contributed by atoms with E-state index in [9.17, 15) is 5.11 Å². The summed E-state index contributed by atoms with van der Waals surface area (Å²) in [4.78, 5) is 4.25. The summed E-state index contributed by atoms with van der Waals surface area (Å²) in [7, 11) is 3.55. The average Bonchev–Trinajstić information content (AvgIpc) is 2.84. The topological polar surface area (TPSA) is 56.5 Å². The SMILES string of the molecule is COc1cc([C@H](C)O)ccc1OCCc1nccn1C. The first kappa shape index (κ1) is 14.4. The van der Waals surface area contributed by atoms with Gasteiger partial charge in [-0.2, -0.15) is 0 Å². The van der Waals surface area contributed by atoms with Crippen molar-refractivity contribution in [3.05, 3.63) is 42.0 Å². The van der Waals surface area contributed by atoms with Crippen LogP contribution in [0.25, 0.3) is 0 Å². The van der Waals surface area contributed by atoms with E-state index in [0.29, 0.717) is 18.1 Å². The highest BCUT2D eigenvalue weighted by atomic mass is 16.5. The summed E-state index contributed by atoms with van der Waals surface area (Å²) in [6, 6.07) is 5.45. The van der Waals surface area contributed by atoms with Crippen LogP contribution in [0.15, 0.2) is 30.6 Å². The van der Waals surface area contributed by atoms with Gasteiger partial charge in [0.05, 0.1) is 19.8 Å². The van der Waals surface area contributed by atoms with E-state index in [1.807, 2.05) is 29.9 Å². The molecular formula is C15H20N2O3. The summed E-state index contributed by atoms with van der Waals surface area (Å²) in [5, 5.41) is 9.56. The second-order valence-corrected chi connectivity index (χ2v) is 4.64. The van der Waals surface area contributed by atoms with Gasteiger partial charge in [-0.25, -0.2) is 4.98 Å². The van der Waals surface area contributed by atoms with Crippen molar-refractivity contribution in [2.45, 2.75) is 19.4 Å². The van der Waals surface area contributed by atoms with Gasteiger partial charge >= 0.3 is 0 Å². The fraction of sp³-hybridized carbons (Fsp3) is 0.400. The molecule has 1 aromatic carbocycles. The Hall–Kier alpha value is -2.01. The molecule has 0 aliphatic carbocycles. The van der Waals surface area contributed by atoms with Gasteiger partial charge in [-0.1, -0.05) is 6.07 Å². The normalized spacial score (nSPS) is 12.2. The van der Waals surface area contributed by atoms with Crippen LogP contribution in [-0.4, -0.2) is 28.4 Å². The number of methoxy groups -OCH3 is 1. The van der Waals surface area contributed by atoms with Gasteiger partial charge in [0, 0.05) is 25.9 Å². The zero-order valence-corrected chi connectivity index (χ0v) is 12.0. The molecule has 108 valence electrons. The number of aliphatic hydroxyl groups is 1. The highest BCUT2D eigenvalue weighted by Crippen LogP contribution is 2.30. The highest BCUT2D eigenvalue weighted by molar-refractivity contribution is 5.43. The van der Waals surface area contributed by atoms with Gasteiger partial charge in [0.25, 0.3) is 0 Å². The van der Waals surface area contributed by atoms with Crippen LogP contribution in [0.2, 0.25) is 0 Å². The van der Waals surface area contributed by atoms with E-state index in [1.165, 1.54) is 0 Å². The molecule has 2 rings (SSSR count). The third-order valence-electron chi connectivity index (χ3n) is 3.17. The lowest BCUT2D eigenvalue weighted by Crippen LogP contribution is -2.07. The number of aryl methyl sites for hydroxylation is 1. The Morgan fingerprint density at radius 1 is 1.35 bits per heavy atom. The van der Waals surface area contributed by atoms with Crippen molar-refractivity contribution in [1.29, 1.82) is 0 Å². The van der Waals surface area contributed by atoms with Crippen LogP contribution in [0, 0.1) is 0 Å². The van der Waals surface area contributed by atoms with Crippen LogP contribution >= 0.6 is 0 Å². The first-order valence-electron chi connectivity index (χ1n) is 6.57. The Bertz CT molecular complexity index is 564. The second kappa shape index (κ2) is 6.43.